The summed E-state index contributed by atoms with van der Waals surface area (Å²) < 4.78 is 25.8. The van der Waals surface area contributed by atoms with Gasteiger partial charge in [0, 0.05) is 61.4 Å². The van der Waals surface area contributed by atoms with Crippen molar-refractivity contribution in [1.29, 1.82) is 0 Å². The van der Waals surface area contributed by atoms with E-state index in [-0.39, 0.29) is 34.8 Å². The van der Waals surface area contributed by atoms with E-state index in [0.29, 0.717) is 43.6 Å². The number of nitrogens with zero attached hydrogens (tertiary/aromatic N) is 4. The molecular formula is C30H38N6O5S. The summed E-state index contributed by atoms with van der Waals surface area (Å²) in [5.41, 5.74) is 2.88. The first-order valence-electron chi connectivity index (χ1n) is 13.8. The third-order valence-electron chi connectivity index (χ3n) is 6.72. The summed E-state index contributed by atoms with van der Waals surface area (Å²) in [6.07, 6.45) is 1.58. The number of sulfone groups is 1. The van der Waals surface area contributed by atoms with E-state index >= 15 is 0 Å². The summed E-state index contributed by atoms with van der Waals surface area (Å²) in [6.45, 7) is 10.0. The number of carboxylic acid groups (broad SMARTS) is 1. The normalized spacial score (nSPS) is 14.0. The van der Waals surface area contributed by atoms with Crippen molar-refractivity contribution in [1.82, 2.24) is 14.9 Å². The van der Waals surface area contributed by atoms with Crippen LogP contribution in [0.15, 0.2) is 59.6 Å². The van der Waals surface area contributed by atoms with Crippen LogP contribution in [-0.4, -0.2) is 72.2 Å². The van der Waals surface area contributed by atoms with Crippen LogP contribution >= 0.6 is 0 Å². The SMILES string of the molecule is Cc1cnc(Nc2ccc(N3CCN(C(=O)CCC(=O)O)CC3)cc2)nc1Nc1cccc(S(=O)(=O)CC(C)(C)C)c1. The van der Waals surface area contributed by atoms with Crippen molar-refractivity contribution in [2.24, 2.45) is 5.41 Å². The van der Waals surface area contributed by atoms with Gasteiger partial charge in [0.05, 0.1) is 17.1 Å². The Morgan fingerprint density at radius 1 is 0.952 bits per heavy atom. The van der Waals surface area contributed by atoms with Crippen molar-refractivity contribution >= 4 is 50.5 Å². The van der Waals surface area contributed by atoms with E-state index < -0.39 is 15.8 Å². The van der Waals surface area contributed by atoms with Crippen molar-refractivity contribution in [3.8, 4) is 0 Å². The van der Waals surface area contributed by atoms with E-state index in [9.17, 15) is 18.0 Å². The summed E-state index contributed by atoms with van der Waals surface area (Å²) >= 11 is 0. The fraction of sp³-hybridized carbons (Fsp3) is 0.400. The third-order valence-corrected chi connectivity index (χ3v) is 8.94. The van der Waals surface area contributed by atoms with Gasteiger partial charge in [-0.15, -0.1) is 0 Å². The van der Waals surface area contributed by atoms with Gasteiger partial charge in [-0.25, -0.2) is 13.4 Å². The van der Waals surface area contributed by atoms with Crippen LogP contribution in [-0.2, 0) is 19.4 Å². The minimum absolute atomic E-state index is 0.0275. The maximum absolute atomic E-state index is 12.9. The zero-order chi connectivity index (χ0) is 30.5. The molecule has 1 aliphatic heterocycles. The molecule has 0 spiro atoms. The number of carboxylic acids is 1. The predicted molar refractivity (Wildman–Crippen MR) is 163 cm³/mol. The van der Waals surface area contributed by atoms with Crippen molar-refractivity contribution in [2.45, 2.75) is 45.4 Å². The molecule has 1 fully saturated rings. The second-order valence-electron chi connectivity index (χ2n) is 11.6. The molecule has 1 saturated heterocycles. The highest BCUT2D eigenvalue weighted by atomic mass is 32.2. The Kier molecular flexibility index (Phi) is 9.35. The number of carbonyl (C=O) groups excluding carboxylic acids is 1. The smallest absolute Gasteiger partial charge is 0.303 e. The quantitative estimate of drug-likeness (QED) is 0.304. The van der Waals surface area contributed by atoms with Crippen LogP contribution in [0.2, 0.25) is 0 Å². The topological polar surface area (TPSA) is 145 Å². The van der Waals surface area contributed by atoms with Crippen molar-refractivity contribution in [3.05, 3.63) is 60.3 Å². The van der Waals surface area contributed by atoms with Gasteiger partial charge in [0.15, 0.2) is 9.84 Å². The lowest BCUT2D eigenvalue weighted by atomic mass is 10.0. The summed E-state index contributed by atoms with van der Waals surface area (Å²) in [4.78, 5) is 36.1. The number of hydrogen-bond acceptors (Lipinski definition) is 9. The van der Waals surface area contributed by atoms with Crippen LogP contribution in [0.4, 0.5) is 28.8 Å². The summed E-state index contributed by atoms with van der Waals surface area (Å²) in [7, 11) is -3.44. The van der Waals surface area contributed by atoms with Gasteiger partial charge in [0.25, 0.3) is 0 Å². The molecule has 0 unspecified atom stereocenters. The minimum Gasteiger partial charge on any atom is -0.481 e. The molecular weight excluding hydrogens is 556 g/mol. The Morgan fingerprint density at radius 2 is 1.64 bits per heavy atom. The third kappa shape index (κ3) is 8.41. The van der Waals surface area contributed by atoms with E-state index in [4.69, 9.17) is 5.11 Å². The van der Waals surface area contributed by atoms with Gasteiger partial charge in [-0.05, 0) is 54.8 Å². The lowest BCUT2D eigenvalue weighted by molar-refractivity contribution is -0.141. The summed E-state index contributed by atoms with van der Waals surface area (Å²) in [5.74, 6) is -0.0885. The molecule has 1 amide bonds. The number of benzene rings is 2. The summed E-state index contributed by atoms with van der Waals surface area (Å²) in [6, 6.07) is 14.6. The molecule has 0 aliphatic carbocycles. The molecule has 0 saturated carbocycles. The molecule has 4 rings (SSSR count). The Bertz CT molecular complexity index is 1530. The van der Waals surface area contributed by atoms with E-state index in [1.54, 1.807) is 35.4 Å². The van der Waals surface area contributed by atoms with Gasteiger partial charge in [-0.1, -0.05) is 26.8 Å². The molecule has 3 N–H and O–H groups in total. The van der Waals surface area contributed by atoms with Crippen LogP contribution in [0, 0.1) is 12.3 Å². The molecule has 0 atom stereocenters. The number of rotatable bonds is 10. The summed E-state index contributed by atoms with van der Waals surface area (Å²) in [5, 5.41) is 15.2. The molecule has 11 nitrogen and oxygen atoms in total. The molecule has 2 aromatic carbocycles. The molecule has 224 valence electrons. The molecule has 1 aromatic heterocycles. The lowest BCUT2D eigenvalue weighted by Gasteiger charge is -2.36. The average Bonchev–Trinajstić information content (AvgIpc) is 2.93. The van der Waals surface area contributed by atoms with Gasteiger partial charge >= 0.3 is 5.97 Å². The highest BCUT2D eigenvalue weighted by Gasteiger charge is 2.24. The zero-order valence-electron chi connectivity index (χ0n) is 24.4. The fourth-order valence-electron chi connectivity index (χ4n) is 4.66. The molecule has 1 aliphatic rings. The number of amides is 1. The van der Waals surface area contributed by atoms with Crippen LogP contribution < -0.4 is 15.5 Å². The Labute approximate surface area is 246 Å². The number of aliphatic carboxylic acids is 1. The lowest BCUT2D eigenvalue weighted by Crippen LogP contribution is -2.48. The molecule has 0 radical (unpaired) electrons. The van der Waals surface area contributed by atoms with E-state index in [1.807, 2.05) is 52.0 Å². The number of hydrogen-bond donors (Lipinski definition) is 3. The van der Waals surface area contributed by atoms with E-state index in [1.165, 1.54) is 0 Å². The number of anilines is 5. The maximum Gasteiger partial charge on any atom is 0.303 e. The Balaban J connectivity index is 1.38. The van der Waals surface area contributed by atoms with Crippen LogP contribution in [0.3, 0.4) is 0 Å². The first-order valence-corrected chi connectivity index (χ1v) is 15.5. The number of carbonyl (C=O) groups is 2. The van der Waals surface area contributed by atoms with Gasteiger partial charge in [-0.3, -0.25) is 9.59 Å². The number of aromatic nitrogens is 2. The van der Waals surface area contributed by atoms with Crippen LogP contribution in [0.25, 0.3) is 0 Å². The van der Waals surface area contributed by atoms with Gasteiger partial charge in [0.1, 0.15) is 5.82 Å². The number of piperazine rings is 1. The second kappa shape index (κ2) is 12.8. The molecule has 3 aromatic rings. The average molecular weight is 595 g/mol. The van der Waals surface area contributed by atoms with Crippen molar-refractivity contribution in [3.63, 3.8) is 0 Å². The number of nitrogens with one attached hydrogen (secondary N) is 2. The molecule has 0 bridgehead atoms. The maximum atomic E-state index is 12.9. The molecule has 2 heterocycles. The predicted octanol–water partition coefficient (Wildman–Crippen LogP) is 4.61. The Morgan fingerprint density at radius 3 is 2.29 bits per heavy atom. The van der Waals surface area contributed by atoms with Crippen molar-refractivity contribution < 1.29 is 23.1 Å². The highest BCUT2D eigenvalue weighted by molar-refractivity contribution is 7.91. The largest absolute Gasteiger partial charge is 0.481 e. The van der Waals surface area contributed by atoms with Crippen molar-refractivity contribution in [2.75, 3.05) is 47.5 Å². The fourth-order valence-corrected chi connectivity index (χ4v) is 6.56. The van der Waals surface area contributed by atoms with Crippen LogP contribution in [0.5, 0.6) is 0 Å². The van der Waals surface area contributed by atoms with Gasteiger partial charge in [-0.2, -0.15) is 4.98 Å². The first kappa shape index (κ1) is 30.8. The van der Waals surface area contributed by atoms with E-state index in [0.717, 1.165) is 16.9 Å². The Hall–Kier alpha value is -4.19. The van der Waals surface area contributed by atoms with Gasteiger partial charge < -0.3 is 25.5 Å². The second-order valence-corrected chi connectivity index (χ2v) is 13.6. The molecule has 42 heavy (non-hydrogen) atoms. The zero-order valence-corrected chi connectivity index (χ0v) is 25.2. The number of aryl methyl sites for hydroxylation is 1. The molecule has 12 heteroatoms. The minimum atomic E-state index is -3.44. The van der Waals surface area contributed by atoms with Crippen LogP contribution in [0.1, 0.15) is 39.2 Å². The standard InChI is InChI=1S/C30H38N6O5S/c1-21-19-31-29(34-28(21)32-23-6-5-7-25(18-23)42(40,41)20-30(2,3)4)33-22-8-10-24(11-9-22)35-14-16-36(17-15-35)26(37)12-13-27(38)39/h5-11,18-19H,12-17,20H2,1-4H3,(H,38,39)(H2,31,32,33,34). The van der Waals surface area contributed by atoms with E-state index in [2.05, 4.69) is 25.5 Å². The van der Waals surface area contributed by atoms with Gasteiger partial charge in [0.2, 0.25) is 11.9 Å². The monoisotopic (exact) mass is 594 g/mol. The highest BCUT2D eigenvalue weighted by Crippen LogP contribution is 2.27. The first-order chi connectivity index (χ1) is 19.8.